The summed E-state index contributed by atoms with van der Waals surface area (Å²) < 4.78 is 5.52. The van der Waals surface area contributed by atoms with Crippen molar-refractivity contribution in [3.63, 3.8) is 0 Å². The van der Waals surface area contributed by atoms with Crippen molar-refractivity contribution in [1.82, 2.24) is 15.0 Å². The Labute approximate surface area is 224 Å². The summed E-state index contributed by atoms with van der Waals surface area (Å²) in [6.07, 6.45) is 3.07. The molecule has 1 saturated heterocycles. The molecule has 0 saturated carbocycles. The van der Waals surface area contributed by atoms with Crippen LogP contribution in [-0.4, -0.2) is 66.0 Å². The van der Waals surface area contributed by atoms with E-state index in [1.165, 1.54) is 29.3 Å². The molecule has 16 heteroatoms. The third-order valence-corrected chi connectivity index (χ3v) is 6.78. The van der Waals surface area contributed by atoms with E-state index in [9.17, 15) is 25.0 Å². The molecule has 0 bridgehead atoms. The average molecular weight is 563 g/mol. The van der Waals surface area contributed by atoms with E-state index < -0.39 is 34.9 Å². The van der Waals surface area contributed by atoms with Gasteiger partial charge in [0.15, 0.2) is 16.9 Å². The number of nitrogens with two attached hydrogens (primary N) is 1. The summed E-state index contributed by atoms with van der Waals surface area (Å²) in [5.41, 5.74) is 5.29. The minimum absolute atomic E-state index is 0. The van der Waals surface area contributed by atoms with Crippen molar-refractivity contribution in [2.24, 2.45) is 10.1 Å². The molecule has 33 heavy (non-hydrogen) atoms. The number of anilines is 1. The number of amides is 1. The number of halogens is 1. The number of rotatable bonds is 6. The number of nitrogen functional groups attached to an aromatic ring is 1. The van der Waals surface area contributed by atoms with Gasteiger partial charge < -0.3 is 25.7 Å². The molecule has 4 rings (SSSR count). The number of β-lactam (4-membered cyclic amide) rings is 1. The Morgan fingerprint density at radius 2 is 2.21 bits per heavy atom. The number of carboxylic acids is 1. The summed E-state index contributed by atoms with van der Waals surface area (Å²) in [5.74, 6) is -2.25. The summed E-state index contributed by atoms with van der Waals surface area (Å²) in [5, 5.41) is 38.8. The van der Waals surface area contributed by atoms with E-state index in [4.69, 9.17) is 10.3 Å². The average Bonchev–Trinajstić information content (AvgIpc) is 3.38. The standard InChI is InChI=1S/C17H13BrN6O6S2.Na/c18-9-3-7(30-23-9)2-1-6-4-31-15-11(14(26)24(15)12(6)16(27)28)21-13(25)10(22-29)8-5-32-17(19)20-8;/h1-3,5,11,15,29H,4H2,(H2,19,20)(H,21,25)(H,27,28);/q;+1/p-1/b2-1+,22-10-;. The molecule has 2 aliphatic rings. The van der Waals surface area contributed by atoms with Crippen LogP contribution in [0.4, 0.5) is 5.13 Å². The molecule has 2 unspecified atom stereocenters. The number of aliphatic carboxylic acids is 1. The molecule has 1 amide bonds. The van der Waals surface area contributed by atoms with Crippen LogP contribution >= 0.6 is 39.0 Å². The normalized spacial score (nSPS) is 21.1. The number of oxime groups is 1. The van der Waals surface area contributed by atoms with E-state index in [0.717, 1.165) is 16.2 Å². The summed E-state index contributed by atoms with van der Waals surface area (Å²) in [4.78, 5) is 33.4. The number of nitrogens with zero attached hydrogens (tertiary/aromatic N) is 5. The molecule has 1 fully saturated rings. The van der Waals surface area contributed by atoms with Gasteiger partial charge in [-0.05, 0) is 27.6 Å². The molecule has 166 valence electrons. The monoisotopic (exact) mass is 562 g/mol. The Hall–Kier alpha value is -2.17. The first-order chi connectivity index (χ1) is 15.3. The number of allylic oxidation sites excluding steroid dienone is 1. The number of thioether (sulfide) groups is 1. The van der Waals surface area contributed by atoms with Gasteiger partial charge in [-0.3, -0.25) is 14.7 Å². The summed E-state index contributed by atoms with van der Waals surface area (Å²) in [7, 11) is 0. The summed E-state index contributed by atoms with van der Waals surface area (Å²) >= 11 is 5.44. The van der Waals surface area contributed by atoms with E-state index in [2.05, 4.69) is 36.2 Å². The van der Waals surface area contributed by atoms with E-state index in [-0.39, 0.29) is 51.8 Å². The van der Waals surface area contributed by atoms with E-state index in [0.29, 0.717) is 15.9 Å². The maximum atomic E-state index is 12.7. The van der Waals surface area contributed by atoms with Gasteiger partial charge in [0.2, 0.25) is 0 Å². The molecule has 0 aromatic carbocycles. The van der Waals surface area contributed by atoms with Crippen molar-refractivity contribution in [1.29, 1.82) is 0 Å². The molecule has 2 atom stereocenters. The molecule has 2 aliphatic heterocycles. The third-order valence-electron chi connectivity index (χ3n) is 4.44. The number of aromatic nitrogens is 2. The quantitative estimate of drug-likeness (QED) is 0.0865. The summed E-state index contributed by atoms with van der Waals surface area (Å²) in [6.45, 7) is 0. The largest absolute Gasteiger partial charge is 1.00 e. The minimum atomic E-state index is -1.29. The van der Waals surface area contributed by atoms with Gasteiger partial charge in [0, 0.05) is 23.1 Å². The first kappa shape index (κ1) is 25.5. The van der Waals surface area contributed by atoms with Gasteiger partial charge in [-0.2, -0.15) is 0 Å². The van der Waals surface area contributed by atoms with Crippen molar-refractivity contribution in [3.8, 4) is 0 Å². The molecule has 2 aromatic rings. The van der Waals surface area contributed by atoms with Gasteiger partial charge in [-0.25, -0.2) is 9.78 Å². The van der Waals surface area contributed by atoms with Gasteiger partial charge in [-0.1, -0.05) is 16.4 Å². The number of aliphatic imine (C=N–C) groups is 1. The van der Waals surface area contributed by atoms with Crippen molar-refractivity contribution >= 4 is 73.7 Å². The Morgan fingerprint density at radius 3 is 2.79 bits per heavy atom. The molecule has 4 heterocycles. The van der Waals surface area contributed by atoms with Crippen LogP contribution in [0, 0.1) is 0 Å². The summed E-state index contributed by atoms with van der Waals surface area (Å²) in [6, 6.07) is 0.479. The fourth-order valence-corrected chi connectivity index (χ4v) is 5.20. The fourth-order valence-electron chi connectivity index (χ4n) is 3.05. The zero-order valence-corrected chi connectivity index (χ0v) is 21.9. The zero-order chi connectivity index (χ0) is 23.0. The molecular weight excluding hydrogens is 551 g/mol. The number of fused-ring (bicyclic) bond motifs is 1. The van der Waals surface area contributed by atoms with Gasteiger partial charge in [0.1, 0.15) is 27.1 Å². The van der Waals surface area contributed by atoms with E-state index in [1.807, 2.05) is 0 Å². The van der Waals surface area contributed by atoms with Crippen LogP contribution in [0.25, 0.3) is 6.08 Å². The van der Waals surface area contributed by atoms with Gasteiger partial charge in [0.25, 0.3) is 5.91 Å². The van der Waals surface area contributed by atoms with Crippen LogP contribution in [0.15, 0.2) is 48.1 Å². The third kappa shape index (κ3) is 5.02. The second-order valence-electron chi connectivity index (χ2n) is 6.37. The maximum Gasteiger partial charge on any atom is 1.00 e. The van der Waals surface area contributed by atoms with Crippen LogP contribution in [0.5, 0.6) is 0 Å². The second kappa shape index (κ2) is 10.4. The van der Waals surface area contributed by atoms with E-state index in [1.54, 1.807) is 6.07 Å². The van der Waals surface area contributed by atoms with Crippen LogP contribution in [0.3, 0.4) is 0 Å². The molecule has 12 nitrogen and oxygen atoms in total. The Bertz CT molecular complexity index is 1220. The van der Waals surface area contributed by atoms with Gasteiger partial charge in [-0.15, -0.1) is 23.1 Å². The minimum Gasteiger partial charge on any atom is -0.857 e. The maximum absolute atomic E-state index is 12.7. The first-order valence-electron chi connectivity index (χ1n) is 8.70. The molecular formula is C17H12BrN6NaO6S2. The SMILES string of the molecule is Nc1nc(/C(=N/O)C([O-])=NC2C(=O)N3C(C(=O)O)=C(/C=C/c4cc(Br)no4)CSC23)cs1.[Na+]. The Balaban J connectivity index is 0.00000306. The number of hydrogen-bond acceptors (Lipinski definition) is 12. The van der Waals surface area contributed by atoms with Crippen molar-refractivity contribution in [2.45, 2.75) is 11.4 Å². The Morgan fingerprint density at radius 1 is 1.45 bits per heavy atom. The predicted octanol–water partition coefficient (Wildman–Crippen LogP) is -2.25. The first-order valence-corrected chi connectivity index (χ1v) is 11.4. The fraction of sp³-hybridized carbons (Fsp3) is 0.176. The molecule has 2 aromatic heterocycles. The van der Waals surface area contributed by atoms with Crippen LogP contribution in [-0.2, 0) is 9.59 Å². The number of hydrogen-bond donors (Lipinski definition) is 3. The molecule has 0 aliphatic carbocycles. The topological polar surface area (TPSA) is 191 Å². The predicted molar refractivity (Wildman–Crippen MR) is 117 cm³/mol. The molecule has 0 radical (unpaired) electrons. The molecule has 0 spiro atoms. The van der Waals surface area contributed by atoms with Gasteiger partial charge in [0.05, 0.1) is 0 Å². The second-order valence-corrected chi connectivity index (χ2v) is 9.18. The number of carboxylic acid groups (broad SMARTS) is 1. The number of thiazole rings is 1. The van der Waals surface area contributed by atoms with Crippen molar-refractivity contribution in [2.75, 3.05) is 11.5 Å². The Kier molecular flexibility index (Phi) is 8.02. The smallest absolute Gasteiger partial charge is 0.857 e. The molecule has 4 N–H and O–H groups in total. The zero-order valence-electron chi connectivity index (χ0n) is 16.7. The van der Waals surface area contributed by atoms with Crippen LogP contribution in [0.1, 0.15) is 11.5 Å². The van der Waals surface area contributed by atoms with Crippen molar-refractivity contribution < 1.29 is 59.1 Å². The van der Waals surface area contributed by atoms with Gasteiger partial charge >= 0.3 is 35.5 Å². The number of carbonyl (C=O) groups excluding carboxylic acids is 1. The van der Waals surface area contributed by atoms with Crippen LogP contribution in [0.2, 0.25) is 0 Å². The number of carbonyl (C=O) groups is 2. The van der Waals surface area contributed by atoms with Crippen molar-refractivity contribution in [3.05, 3.63) is 44.8 Å². The van der Waals surface area contributed by atoms with E-state index >= 15 is 0 Å². The van der Waals surface area contributed by atoms with Crippen LogP contribution < -0.4 is 40.4 Å².